The number of ether oxygens (including phenoxy) is 1. The molecule has 0 saturated heterocycles. The van der Waals surface area contributed by atoms with Gasteiger partial charge < -0.3 is 4.74 Å². The Bertz CT molecular complexity index is 378. The van der Waals surface area contributed by atoms with E-state index in [-0.39, 0.29) is 5.97 Å². The highest BCUT2D eigenvalue weighted by atomic mass is 16.5. The van der Waals surface area contributed by atoms with E-state index < -0.39 is 0 Å². The van der Waals surface area contributed by atoms with Gasteiger partial charge in [0.1, 0.15) is 5.75 Å². The summed E-state index contributed by atoms with van der Waals surface area (Å²) in [6.45, 7) is 9.69. The van der Waals surface area contributed by atoms with Crippen LogP contribution in [0.3, 0.4) is 0 Å². The van der Waals surface area contributed by atoms with Crippen molar-refractivity contribution in [3.8, 4) is 5.75 Å². The minimum absolute atomic E-state index is 0.262. The molecule has 0 amide bonds. The zero-order valence-electron chi connectivity index (χ0n) is 10.0. The molecule has 0 aliphatic heterocycles. The van der Waals surface area contributed by atoms with Gasteiger partial charge >= 0.3 is 5.97 Å². The van der Waals surface area contributed by atoms with E-state index in [9.17, 15) is 4.79 Å². The molecule has 0 radical (unpaired) electrons. The number of carbonyl (C=O) groups is 1. The molecule has 15 heavy (non-hydrogen) atoms. The first-order chi connectivity index (χ1) is 6.91. The van der Waals surface area contributed by atoms with E-state index in [1.54, 1.807) is 0 Å². The average Bonchev–Trinajstić information content (AvgIpc) is 1.99. The second-order valence-electron chi connectivity index (χ2n) is 4.24. The van der Waals surface area contributed by atoms with Crippen molar-refractivity contribution in [2.45, 2.75) is 40.5 Å². The van der Waals surface area contributed by atoms with Crippen molar-refractivity contribution in [3.63, 3.8) is 0 Å². The van der Waals surface area contributed by atoms with E-state index in [4.69, 9.17) is 4.74 Å². The van der Waals surface area contributed by atoms with Crippen molar-refractivity contribution >= 4 is 5.97 Å². The van der Waals surface area contributed by atoms with E-state index in [2.05, 4.69) is 26.8 Å². The lowest BCUT2D eigenvalue weighted by atomic mass is 9.95. The van der Waals surface area contributed by atoms with Crippen LogP contribution in [0.4, 0.5) is 0 Å². The standard InChI is InChI=1S/C13H18O2/c1-8(2)13-10(4)6-9(3)7-12(13)15-11(5)14/h6-8H,1-5H3. The molecule has 1 aromatic rings. The van der Waals surface area contributed by atoms with Crippen LogP contribution in [-0.4, -0.2) is 5.97 Å². The molecule has 2 nitrogen and oxygen atoms in total. The van der Waals surface area contributed by atoms with Gasteiger partial charge in [0, 0.05) is 12.5 Å². The molecule has 0 unspecified atom stereocenters. The third-order valence-electron chi connectivity index (χ3n) is 2.32. The fraction of sp³-hybridized carbons (Fsp3) is 0.462. The van der Waals surface area contributed by atoms with Crippen molar-refractivity contribution in [2.24, 2.45) is 0 Å². The summed E-state index contributed by atoms with van der Waals surface area (Å²) >= 11 is 0. The number of aryl methyl sites for hydroxylation is 2. The van der Waals surface area contributed by atoms with Gasteiger partial charge in [0.15, 0.2) is 0 Å². The Morgan fingerprint density at radius 2 is 1.87 bits per heavy atom. The van der Waals surface area contributed by atoms with E-state index >= 15 is 0 Å². The monoisotopic (exact) mass is 206 g/mol. The van der Waals surface area contributed by atoms with Gasteiger partial charge in [-0.2, -0.15) is 0 Å². The molecule has 0 heterocycles. The second kappa shape index (κ2) is 4.47. The third kappa shape index (κ3) is 2.82. The molecular weight excluding hydrogens is 188 g/mol. The molecule has 0 bridgehead atoms. The Hall–Kier alpha value is -1.31. The smallest absolute Gasteiger partial charge is 0.308 e. The molecule has 0 aliphatic rings. The quantitative estimate of drug-likeness (QED) is 0.548. The predicted molar refractivity (Wildman–Crippen MR) is 61.3 cm³/mol. The predicted octanol–water partition coefficient (Wildman–Crippen LogP) is 3.35. The summed E-state index contributed by atoms with van der Waals surface area (Å²) in [6, 6.07) is 4.03. The lowest BCUT2D eigenvalue weighted by Crippen LogP contribution is -2.06. The third-order valence-corrected chi connectivity index (χ3v) is 2.32. The fourth-order valence-corrected chi connectivity index (χ4v) is 1.92. The van der Waals surface area contributed by atoms with Gasteiger partial charge in [0.05, 0.1) is 0 Å². The highest BCUT2D eigenvalue weighted by molar-refractivity contribution is 5.70. The Kier molecular flexibility index (Phi) is 3.51. The lowest BCUT2D eigenvalue weighted by molar-refractivity contribution is -0.131. The number of hydrogen-bond donors (Lipinski definition) is 0. The molecule has 82 valence electrons. The van der Waals surface area contributed by atoms with Crippen LogP contribution in [0, 0.1) is 13.8 Å². The summed E-state index contributed by atoms with van der Waals surface area (Å²) in [5.74, 6) is 0.803. The van der Waals surface area contributed by atoms with Crippen LogP contribution in [0.15, 0.2) is 12.1 Å². The maximum atomic E-state index is 11.0. The fourth-order valence-electron chi connectivity index (χ4n) is 1.92. The first-order valence-electron chi connectivity index (χ1n) is 5.21. The van der Waals surface area contributed by atoms with Gasteiger partial charge in [-0.25, -0.2) is 0 Å². The summed E-state index contributed by atoms with van der Waals surface area (Å²) in [5.41, 5.74) is 3.42. The summed E-state index contributed by atoms with van der Waals surface area (Å²) in [4.78, 5) is 11.0. The number of esters is 1. The average molecular weight is 206 g/mol. The van der Waals surface area contributed by atoms with Crippen molar-refractivity contribution in [2.75, 3.05) is 0 Å². The van der Waals surface area contributed by atoms with Crippen molar-refractivity contribution < 1.29 is 9.53 Å². The van der Waals surface area contributed by atoms with Crippen LogP contribution < -0.4 is 4.74 Å². The molecule has 0 atom stereocenters. The Morgan fingerprint density at radius 1 is 1.27 bits per heavy atom. The SMILES string of the molecule is CC(=O)Oc1cc(C)cc(C)c1C(C)C. The zero-order valence-corrected chi connectivity index (χ0v) is 10.0. The van der Waals surface area contributed by atoms with Crippen molar-refractivity contribution in [1.82, 2.24) is 0 Å². The molecule has 0 spiro atoms. The zero-order chi connectivity index (χ0) is 11.6. The van der Waals surface area contributed by atoms with E-state index in [1.807, 2.05) is 13.0 Å². The molecule has 0 aromatic heterocycles. The van der Waals surface area contributed by atoms with E-state index in [1.165, 1.54) is 12.5 Å². The topological polar surface area (TPSA) is 26.3 Å². The van der Waals surface area contributed by atoms with Crippen LogP contribution >= 0.6 is 0 Å². The van der Waals surface area contributed by atoms with Gasteiger partial charge in [-0.05, 0) is 37.0 Å². The van der Waals surface area contributed by atoms with Crippen LogP contribution in [0.5, 0.6) is 5.75 Å². The summed E-state index contributed by atoms with van der Waals surface area (Å²) in [6.07, 6.45) is 0. The number of benzene rings is 1. The molecule has 0 saturated carbocycles. The first-order valence-corrected chi connectivity index (χ1v) is 5.21. The Labute approximate surface area is 91.3 Å². The molecule has 2 heteroatoms. The highest BCUT2D eigenvalue weighted by Gasteiger charge is 2.13. The van der Waals surface area contributed by atoms with Gasteiger partial charge in [-0.1, -0.05) is 19.9 Å². The maximum absolute atomic E-state index is 11.0. The van der Waals surface area contributed by atoms with Crippen LogP contribution in [0.2, 0.25) is 0 Å². The minimum Gasteiger partial charge on any atom is -0.426 e. The number of hydrogen-bond acceptors (Lipinski definition) is 2. The van der Waals surface area contributed by atoms with Crippen LogP contribution in [0.25, 0.3) is 0 Å². The molecular formula is C13H18O2. The lowest BCUT2D eigenvalue weighted by Gasteiger charge is -2.16. The molecule has 1 rings (SSSR count). The second-order valence-corrected chi connectivity index (χ2v) is 4.24. The number of carbonyl (C=O) groups excluding carboxylic acids is 1. The summed E-state index contributed by atoms with van der Waals surface area (Å²) in [5, 5.41) is 0. The van der Waals surface area contributed by atoms with Crippen LogP contribution in [0.1, 0.15) is 43.4 Å². The largest absolute Gasteiger partial charge is 0.426 e. The van der Waals surface area contributed by atoms with Gasteiger partial charge in [-0.3, -0.25) is 4.79 Å². The summed E-state index contributed by atoms with van der Waals surface area (Å²) < 4.78 is 5.23. The Balaban J connectivity index is 3.26. The van der Waals surface area contributed by atoms with Crippen molar-refractivity contribution in [3.05, 3.63) is 28.8 Å². The molecule has 0 aliphatic carbocycles. The Morgan fingerprint density at radius 3 is 2.33 bits per heavy atom. The van der Waals surface area contributed by atoms with Crippen LogP contribution in [-0.2, 0) is 4.79 Å². The van der Waals surface area contributed by atoms with E-state index in [0.29, 0.717) is 11.7 Å². The first kappa shape index (κ1) is 11.8. The minimum atomic E-state index is -0.262. The highest BCUT2D eigenvalue weighted by Crippen LogP contribution is 2.31. The van der Waals surface area contributed by atoms with Gasteiger partial charge in [-0.15, -0.1) is 0 Å². The van der Waals surface area contributed by atoms with Gasteiger partial charge in [0.25, 0.3) is 0 Å². The molecule has 0 fully saturated rings. The van der Waals surface area contributed by atoms with E-state index in [0.717, 1.165) is 11.1 Å². The van der Waals surface area contributed by atoms with Crippen molar-refractivity contribution in [1.29, 1.82) is 0 Å². The maximum Gasteiger partial charge on any atom is 0.308 e. The normalized spacial score (nSPS) is 10.5. The summed E-state index contributed by atoms with van der Waals surface area (Å²) in [7, 11) is 0. The molecule has 1 aromatic carbocycles. The molecule has 0 N–H and O–H groups in total. The van der Waals surface area contributed by atoms with Gasteiger partial charge in [0.2, 0.25) is 0 Å². The number of rotatable bonds is 2.